The largest absolute Gasteiger partial charge is 0.486 e. The first-order chi connectivity index (χ1) is 16.2. The van der Waals surface area contributed by atoms with Crippen LogP contribution >= 0.6 is 50.7 Å². The molecule has 3 aromatic carbocycles. The number of anilines is 1. The number of nitrogens with one attached hydrogen (secondary N) is 1. The molecular weight excluding hydrogens is 567 g/mol. The van der Waals surface area contributed by atoms with Crippen molar-refractivity contribution in [2.45, 2.75) is 6.61 Å². The van der Waals surface area contributed by atoms with Crippen molar-refractivity contribution in [2.24, 2.45) is 0 Å². The summed E-state index contributed by atoms with van der Waals surface area (Å²) in [4.78, 5) is 38.6. The number of nitrogens with zero attached hydrogens (tertiary/aromatic N) is 1. The van der Waals surface area contributed by atoms with Crippen molar-refractivity contribution in [1.82, 2.24) is 5.32 Å². The van der Waals surface area contributed by atoms with Gasteiger partial charge in [0.1, 0.15) is 12.2 Å². The van der Waals surface area contributed by atoms with Crippen LogP contribution in [0, 0.1) is 0 Å². The highest BCUT2D eigenvalue weighted by Gasteiger charge is 2.36. The van der Waals surface area contributed by atoms with Gasteiger partial charge in [-0.15, -0.1) is 0 Å². The molecule has 10 heteroatoms. The number of halogens is 4. The van der Waals surface area contributed by atoms with Crippen molar-refractivity contribution in [3.8, 4) is 5.75 Å². The van der Waals surface area contributed by atoms with Crippen molar-refractivity contribution < 1.29 is 19.1 Å². The van der Waals surface area contributed by atoms with E-state index in [1.807, 2.05) is 24.3 Å². The van der Waals surface area contributed by atoms with Gasteiger partial charge in [0.05, 0.1) is 15.7 Å². The van der Waals surface area contributed by atoms with Gasteiger partial charge in [-0.25, -0.2) is 9.69 Å². The monoisotopic (exact) mass is 578 g/mol. The molecule has 1 N–H and O–H groups in total. The van der Waals surface area contributed by atoms with E-state index in [0.29, 0.717) is 10.6 Å². The summed E-state index contributed by atoms with van der Waals surface area (Å²) >= 11 is 22.0. The Morgan fingerprint density at radius 1 is 0.912 bits per heavy atom. The summed E-state index contributed by atoms with van der Waals surface area (Å²) in [6, 6.07) is 15.8. The number of carbonyl (C=O) groups is 3. The second-order valence-electron chi connectivity index (χ2n) is 7.16. The van der Waals surface area contributed by atoms with E-state index in [0.717, 1.165) is 14.9 Å². The Hall–Kier alpha value is -2.84. The number of barbiturate groups is 1. The number of rotatable bonds is 5. The predicted octanol–water partition coefficient (Wildman–Crippen LogP) is 6.65. The molecule has 1 aliphatic heterocycles. The normalized spacial score (nSPS) is 15.0. The van der Waals surface area contributed by atoms with E-state index in [1.165, 1.54) is 42.5 Å². The summed E-state index contributed by atoms with van der Waals surface area (Å²) < 4.78 is 6.72. The SMILES string of the molecule is O=C1NC(=O)N(c2ccc(Cl)cc2)C(=O)/C1=C/c1cc(Cl)c(OCc2ccc(Br)cc2)c(Cl)c1. The highest BCUT2D eigenvalue weighted by atomic mass is 79.9. The molecular formula is C24H14BrCl3N2O4. The van der Waals surface area contributed by atoms with Crippen LogP contribution in [-0.2, 0) is 16.2 Å². The molecule has 1 aliphatic rings. The van der Waals surface area contributed by atoms with E-state index in [4.69, 9.17) is 39.5 Å². The number of urea groups is 1. The zero-order valence-electron chi connectivity index (χ0n) is 17.2. The number of ether oxygens (including phenoxy) is 1. The average molecular weight is 581 g/mol. The van der Waals surface area contributed by atoms with Crippen LogP contribution in [0.25, 0.3) is 6.08 Å². The second kappa shape index (κ2) is 10.2. The molecule has 1 heterocycles. The number of carbonyl (C=O) groups excluding carboxylic acids is 3. The van der Waals surface area contributed by atoms with Gasteiger partial charge in [-0.2, -0.15) is 0 Å². The van der Waals surface area contributed by atoms with Crippen molar-refractivity contribution >= 4 is 80.3 Å². The predicted molar refractivity (Wildman–Crippen MR) is 135 cm³/mol. The van der Waals surface area contributed by atoms with Gasteiger partial charge in [0.15, 0.2) is 5.75 Å². The maximum atomic E-state index is 13.0. The Kier molecular flexibility index (Phi) is 7.28. The van der Waals surface area contributed by atoms with Crippen LogP contribution in [0.1, 0.15) is 11.1 Å². The lowest BCUT2D eigenvalue weighted by atomic mass is 10.1. The molecule has 0 spiro atoms. The quantitative estimate of drug-likeness (QED) is 0.271. The molecule has 0 saturated carbocycles. The number of benzene rings is 3. The van der Waals surface area contributed by atoms with Crippen molar-refractivity contribution in [3.05, 3.63) is 96.9 Å². The molecule has 6 nitrogen and oxygen atoms in total. The third-order valence-electron chi connectivity index (χ3n) is 4.81. The third kappa shape index (κ3) is 5.28. The summed E-state index contributed by atoms with van der Waals surface area (Å²) in [5, 5.41) is 2.99. The number of amides is 4. The van der Waals surface area contributed by atoms with Gasteiger partial charge in [-0.1, -0.05) is 62.9 Å². The van der Waals surface area contributed by atoms with Gasteiger partial charge in [-0.05, 0) is 65.7 Å². The Morgan fingerprint density at radius 3 is 2.15 bits per heavy atom. The summed E-state index contributed by atoms with van der Waals surface area (Å²) in [6.45, 7) is 0.242. The lowest BCUT2D eigenvalue weighted by Gasteiger charge is -2.26. The molecule has 0 aromatic heterocycles. The molecule has 172 valence electrons. The van der Waals surface area contributed by atoms with Crippen molar-refractivity contribution in [1.29, 1.82) is 0 Å². The Bertz CT molecular complexity index is 1300. The van der Waals surface area contributed by atoms with Crippen LogP contribution in [0.15, 0.2) is 70.7 Å². The standard InChI is InChI=1S/C24H14BrCl3N2O4/c25-15-3-1-13(2-4-15)12-34-21-19(27)10-14(11-20(21)28)9-18-22(31)29-24(33)30(23(18)32)17-7-5-16(26)6-8-17/h1-11H,12H2,(H,29,31,33)/b18-9+. The molecule has 3 aromatic rings. The van der Waals surface area contributed by atoms with Gasteiger partial charge in [0.25, 0.3) is 11.8 Å². The molecule has 4 rings (SSSR count). The minimum absolute atomic E-state index is 0.200. The van der Waals surface area contributed by atoms with Crippen LogP contribution < -0.4 is 15.0 Å². The van der Waals surface area contributed by atoms with Gasteiger partial charge in [0, 0.05) is 9.50 Å². The van der Waals surface area contributed by atoms with Crippen LogP contribution in [-0.4, -0.2) is 17.8 Å². The van der Waals surface area contributed by atoms with E-state index in [2.05, 4.69) is 21.2 Å². The maximum absolute atomic E-state index is 13.0. The summed E-state index contributed by atoms with van der Waals surface area (Å²) in [7, 11) is 0. The van der Waals surface area contributed by atoms with Crippen LogP contribution in [0.3, 0.4) is 0 Å². The fourth-order valence-electron chi connectivity index (χ4n) is 3.19. The van der Waals surface area contributed by atoms with Gasteiger partial charge in [0.2, 0.25) is 0 Å². The van der Waals surface area contributed by atoms with E-state index in [1.54, 1.807) is 0 Å². The lowest BCUT2D eigenvalue weighted by Crippen LogP contribution is -2.54. The molecule has 4 amide bonds. The summed E-state index contributed by atoms with van der Waals surface area (Å²) in [5.74, 6) is -1.35. The first-order valence-electron chi connectivity index (χ1n) is 9.76. The molecule has 34 heavy (non-hydrogen) atoms. The minimum atomic E-state index is -0.859. The van der Waals surface area contributed by atoms with Gasteiger partial charge in [-0.3, -0.25) is 14.9 Å². The highest BCUT2D eigenvalue weighted by molar-refractivity contribution is 9.10. The Balaban J connectivity index is 1.60. The summed E-state index contributed by atoms with van der Waals surface area (Å²) in [5.41, 5.74) is 1.30. The molecule has 0 aliphatic carbocycles. The maximum Gasteiger partial charge on any atom is 0.335 e. The third-order valence-corrected chi connectivity index (χ3v) is 6.16. The number of hydrogen-bond acceptors (Lipinski definition) is 4. The molecule has 0 unspecified atom stereocenters. The zero-order valence-corrected chi connectivity index (χ0v) is 21.0. The first-order valence-corrected chi connectivity index (χ1v) is 11.7. The summed E-state index contributed by atoms with van der Waals surface area (Å²) in [6.07, 6.45) is 1.31. The fourth-order valence-corrected chi connectivity index (χ4v) is 4.19. The fraction of sp³-hybridized carbons (Fsp3) is 0.0417. The molecule has 0 atom stereocenters. The first kappa shape index (κ1) is 24.3. The highest BCUT2D eigenvalue weighted by Crippen LogP contribution is 2.36. The lowest BCUT2D eigenvalue weighted by molar-refractivity contribution is -0.122. The zero-order chi connectivity index (χ0) is 24.4. The molecule has 1 fully saturated rings. The number of hydrogen-bond donors (Lipinski definition) is 1. The topological polar surface area (TPSA) is 75.7 Å². The van der Waals surface area contributed by atoms with Crippen molar-refractivity contribution in [2.75, 3.05) is 4.90 Å². The minimum Gasteiger partial charge on any atom is -0.486 e. The van der Waals surface area contributed by atoms with Gasteiger partial charge >= 0.3 is 6.03 Å². The van der Waals surface area contributed by atoms with Crippen LogP contribution in [0.2, 0.25) is 15.1 Å². The molecule has 0 bridgehead atoms. The Labute approximate surface area is 218 Å². The van der Waals surface area contributed by atoms with E-state index in [-0.39, 0.29) is 33.7 Å². The van der Waals surface area contributed by atoms with E-state index >= 15 is 0 Å². The van der Waals surface area contributed by atoms with Crippen molar-refractivity contribution in [3.63, 3.8) is 0 Å². The smallest absolute Gasteiger partial charge is 0.335 e. The van der Waals surface area contributed by atoms with Gasteiger partial charge < -0.3 is 4.74 Å². The van der Waals surface area contributed by atoms with Crippen LogP contribution in [0.4, 0.5) is 10.5 Å². The second-order valence-corrected chi connectivity index (χ2v) is 9.33. The molecule has 0 radical (unpaired) electrons. The van der Waals surface area contributed by atoms with E-state index < -0.39 is 17.8 Å². The van der Waals surface area contributed by atoms with E-state index in [9.17, 15) is 14.4 Å². The Morgan fingerprint density at radius 2 is 1.53 bits per heavy atom. The number of imide groups is 2. The average Bonchev–Trinajstić information content (AvgIpc) is 2.78. The van der Waals surface area contributed by atoms with Crippen LogP contribution in [0.5, 0.6) is 5.75 Å². The molecule has 1 saturated heterocycles.